The third-order valence-electron chi connectivity index (χ3n) is 3.54. The van der Waals surface area contributed by atoms with Gasteiger partial charge in [0, 0.05) is 13.8 Å². The van der Waals surface area contributed by atoms with Crippen LogP contribution in [0.1, 0.15) is 26.3 Å². The minimum atomic E-state index is -1.29. The summed E-state index contributed by atoms with van der Waals surface area (Å²) >= 11 is 0. The van der Waals surface area contributed by atoms with Crippen molar-refractivity contribution in [3.63, 3.8) is 0 Å². The van der Waals surface area contributed by atoms with Gasteiger partial charge in [-0.2, -0.15) is 0 Å². The van der Waals surface area contributed by atoms with Crippen molar-refractivity contribution in [1.29, 1.82) is 0 Å². The van der Waals surface area contributed by atoms with Gasteiger partial charge >= 0.3 is 11.9 Å². The molecule has 5 heteroatoms. The Morgan fingerprint density at radius 3 is 2.23 bits per heavy atom. The molecule has 1 N–H and O–H groups in total. The van der Waals surface area contributed by atoms with Crippen LogP contribution in [0.15, 0.2) is 30.3 Å². The molecule has 116 valence electrons. The maximum Gasteiger partial charge on any atom is 0.325 e. The number of aliphatic hydroxyl groups is 1. The highest BCUT2D eigenvalue weighted by Gasteiger charge is 2.53. The molecule has 1 unspecified atom stereocenters. The van der Waals surface area contributed by atoms with E-state index >= 15 is 0 Å². The lowest BCUT2D eigenvalue weighted by Crippen LogP contribution is -2.53. The van der Waals surface area contributed by atoms with Gasteiger partial charge in [0.25, 0.3) is 5.79 Å². The number of benzene rings is 1. The normalized spacial score (nSPS) is 20.2. The summed E-state index contributed by atoms with van der Waals surface area (Å²) in [5.74, 6) is 1.50. The van der Waals surface area contributed by atoms with Gasteiger partial charge in [0.2, 0.25) is 0 Å². The molecule has 5 nitrogen and oxygen atoms in total. The average Bonchev–Trinajstić information content (AvgIpc) is 2.44. The molecule has 1 fully saturated rings. The summed E-state index contributed by atoms with van der Waals surface area (Å²) < 4.78 is 10.4. The number of aliphatic hydroxyl groups excluding tert-OH is 1. The third kappa shape index (κ3) is 2.97. The van der Waals surface area contributed by atoms with E-state index in [0.29, 0.717) is 5.56 Å². The highest BCUT2D eigenvalue weighted by atomic mass is 16.7. The second kappa shape index (κ2) is 5.82. The third-order valence-corrected chi connectivity index (χ3v) is 3.54. The minimum Gasteiger partial charge on any atom is -0.422 e. The zero-order chi connectivity index (χ0) is 16.4. The molecule has 0 aliphatic carbocycles. The SMILES string of the molecule is CC1(C)OC(=O)C(C(C)(C#CCO)c2ccccc2)C(=O)O1. The molecule has 1 aromatic rings. The van der Waals surface area contributed by atoms with Crippen molar-refractivity contribution in [1.82, 2.24) is 0 Å². The van der Waals surface area contributed by atoms with Crippen LogP contribution < -0.4 is 0 Å². The Hall–Kier alpha value is -2.32. The van der Waals surface area contributed by atoms with Crippen LogP contribution in [0, 0.1) is 17.8 Å². The molecule has 1 aliphatic rings. The number of ether oxygens (including phenoxy) is 2. The van der Waals surface area contributed by atoms with Gasteiger partial charge in [-0.3, -0.25) is 9.59 Å². The van der Waals surface area contributed by atoms with Gasteiger partial charge in [0.15, 0.2) is 5.92 Å². The maximum atomic E-state index is 12.4. The number of rotatable bonds is 2. The molecule has 1 aliphatic heterocycles. The molecule has 0 aromatic heterocycles. The Labute approximate surface area is 129 Å². The van der Waals surface area contributed by atoms with E-state index in [1.807, 2.05) is 6.07 Å². The molecule has 0 radical (unpaired) electrons. The summed E-state index contributed by atoms with van der Waals surface area (Å²) in [6.45, 7) is 4.29. The highest BCUT2D eigenvalue weighted by Crippen LogP contribution is 2.38. The zero-order valence-electron chi connectivity index (χ0n) is 12.8. The first-order chi connectivity index (χ1) is 10.3. The van der Waals surface area contributed by atoms with Crippen LogP contribution in [0.5, 0.6) is 0 Å². The number of cyclic esters (lactones) is 2. The van der Waals surface area contributed by atoms with E-state index in [1.165, 1.54) is 13.8 Å². The monoisotopic (exact) mass is 302 g/mol. The van der Waals surface area contributed by atoms with Crippen molar-refractivity contribution < 1.29 is 24.2 Å². The Bertz CT molecular complexity index is 618. The van der Waals surface area contributed by atoms with Crippen LogP contribution >= 0.6 is 0 Å². The summed E-state index contributed by atoms with van der Waals surface area (Å²) in [7, 11) is 0. The van der Waals surface area contributed by atoms with Crippen molar-refractivity contribution in [2.75, 3.05) is 6.61 Å². The van der Waals surface area contributed by atoms with E-state index < -0.39 is 29.1 Å². The molecule has 0 saturated carbocycles. The van der Waals surface area contributed by atoms with Gasteiger partial charge in [0.1, 0.15) is 6.61 Å². The van der Waals surface area contributed by atoms with Crippen LogP contribution in [0.3, 0.4) is 0 Å². The Morgan fingerprint density at radius 2 is 1.73 bits per heavy atom. The largest absolute Gasteiger partial charge is 0.422 e. The van der Waals surface area contributed by atoms with Crippen LogP contribution in [-0.2, 0) is 24.5 Å². The summed E-state index contributed by atoms with van der Waals surface area (Å²) in [5, 5.41) is 8.98. The predicted molar refractivity (Wildman–Crippen MR) is 78.4 cm³/mol. The second-order valence-corrected chi connectivity index (χ2v) is 5.70. The van der Waals surface area contributed by atoms with Crippen molar-refractivity contribution in [2.24, 2.45) is 5.92 Å². The van der Waals surface area contributed by atoms with Crippen molar-refractivity contribution in [2.45, 2.75) is 32.0 Å². The first-order valence-corrected chi connectivity index (χ1v) is 6.92. The summed E-state index contributed by atoms with van der Waals surface area (Å²) in [4.78, 5) is 24.7. The highest BCUT2D eigenvalue weighted by molar-refractivity contribution is 5.99. The standard InChI is InChI=1S/C17H18O5/c1-16(2)21-14(19)13(15(20)22-16)17(3,10-7-11-18)12-8-5-4-6-9-12/h4-6,8-9,13,18H,11H2,1-3H3. The quantitative estimate of drug-likeness (QED) is 0.508. The van der Waals surface area contributed by atoms with Gasteiger partial charge in [0.05, 0.1) is 5.41 Å². The van der Waals surface area contributed by atoms with Crippen molar-refractivity contribution >= 4 is 11.9 Å². The van der Waals surface area contributed by atoms with Gasteiger partial charge in [-0.05, 0) is 12.5 Å². The average molecular weight is 302 g/mol. The predicted octanol–water partition coefficient (Wildman–Crippen LogP) is 1.39. The lowest BCUT2D eigenvalue weighted by molar-refractivity contribution is -0.242. The lowest BCUT2D eigenvalue weighted by atomic mass is 9.71. The molecule has 1 aromatic carbocycles. The Balaban J connectivity index is 2.51. The Kier molecular flexibility index (Phi) is 4.25. The van der Waals surface area contributed by atoms with Crippen LogP contribution in [0.25, 0.3) is 0 Å². The maximum absolute atomic E-state index is 12.4. The molecule has 1 atom stereocenters. The van der Waals surface area contributed by atoms with E-state index in [0.717, 1.165) is 0 Å². The van der Waals surface area contributed by atoms with Gasteiger partial charge in [-0.25, -0.2) is 0 Å². The molecule has 0 amide bonds. The van der Waals surface area contributed by atoms with Crippen molar-refractivity contribution in [3.8, 4) is 11.8 Å². The second-order valence-electron chi connectivity index (χ2n) is 5.70. The topological polar surface area (TPSA) is 72.8 Å². The van der Waals surface area contributed by atoms with Gasteiger partial charge < -0.3 is 14.6 Å². The number of hydrogen-bond acceptors (Lipinski definition) is 5. The number of hydrogen-bond donors (Lipinski definition) is 1. The van der Waals surface area contributed by atoms with E-state index in [-0.39, 0.29) is 6.61 Å². The van der Waals surface area contributed by atoms with E-state index in [4.69, 9.17) is 14.6 Å². The van der Waals surface area contributed by atoms with Crippen LogP contribution in [0.4, 0.5) is 0 Å². The zero-order valence-corrected chi connectivity index (χ0v) is 12.8. The minimum absolute atomic E-state index is 0.370. The first-order valence-electron chi connectivity index (χ1n) is 6.92. The molecular formula is C17H18O5. The summed E-state index contributed by atoms with van der Waals surface area (Å²) in [6, 6.07) is 8.94. The molecule has 2 rings (SSSR count). The number of carbonyl (C=O) groups excluding carboxylic acids is 2. The smallest absolute Gasteiger partial charge is 0.325 e. The van der Waals surface area contributed by atoms with E-state index in [2.05, 4.69) is 11.8 Å². The number of esters is 2. The van der Waals surface area contributed by atoms with Crippen molar-refractivity contribution in [3.05, 3.63) is 35.9 Å². The molecule has 0 spiro atoms. The van der Waals surface area contributed by atoms with Crippen LogP contribution in [-0.4, -0.2) is 29.4 Å². The Morgan fingerprint density at radius 1 is 1.18 bits per heavy atom. The molecule has 1 saturated heterocycles. The summed E-state index contributed by atoms with van der Waals surface area (Å²) in [5.41, 5.74) is -0.469. The molecule has 1 heterocycles. The number of carbonyl (C=O) groups is 2. The molecular weight excluding hydrogens is 284 g/mol. The molecule has 22 heavy (non-hydrogen) atoms. The van der Waals surface area contributed by atoms with E-state index in [9.17, 15) is 9.59 Å². The van der Waals surface area contributed by atoms with Gasteiger partial charge in [-0.15, -0.1) is 0 Å². The van der Waals surface area contributed by atoms with E-state index in [1.54, 1.807) is 31.2 Å². The first kappa shape index (κ1) is 16.1. The fourth-order valence-electron chi connectivity index (χ4n) is 2.51. The summed E-state index contributed by atoms with van der Waals surface area (Å²) in [6.07, 6.45) is 0. The van der Waals surface area contributed by atoms with Crippen LogP contribution in [0.2, 0.25) is 0 Å². The fourth-order valence-corrected chi connectivity index (χ4v) is 2.51. The lowest BCUT2D eigenvalue weighted by Gasteiger charge is -2.38. The molecule has 0 bridgehead atoms. The fraction of sp³-hybridized carbons (Fsp3) is 0.412. The van der Waals surface area contributed by atoms with Gasteiger partial charge in [-0.1, -0.05) is 42.2 Å².